The van der Waals surface area contributed by atoms with Crippen molar-refractivity contribution in [1.82, 2.24) is 0 Å². The summed E-state index contributed by atoms with van der Waals surface area (Å²) in [4.78, 5) is 11.9. The van der Waals surface area contributed by atoms with Crippen LogP contribution in [0.2, 0.25) is 0 Å². The van der Waals surface area contributed by atoms with Gasteiger partial charge >= 0.3 is 5.97 Å². The van der Waals surface area contributed by atoms with E-state index in [1.807, 2.05) is 43.3 Å². The summed E-state index contributed by atoms with van der Waals surface area (Å²) in [5.41, 5.74) is 1.43. The van der Waals surface area contributed by atoms with Crippen molar-refractivity contribution in [3.8, 4) is 0 Å². The van der Waals surface area contributed by atoms with E-state index in [2.05, 4.69) is 6.58 Å². The third kappa shape index (κ3) is 2.53. The third-order valence-electron chi connectivity index (χ3n) is 2.46. The van der Waals surface area contributed by atoms with Crippen LogP contribution < -0.4 is 0 Å². The summed E-state index contributed by atoms with van der Waals surface area (Å²) in [7, 11) is 0. The van der Waals surface area contributed by atoms with E-state index >= 15 is 0 Å². The largest absolute Gasteiger partial charge is 0.458 e. The minimum Gasteiger partial charge on any atom is -0.458 e. The molecule has 0 radical (unpaired) electrons. The maximum Gasteiger partial charge on any atom is 0.339 e. The number of esters is 1. The number of rotatable bonds is 3. The Morgan fingerprint density at radius 3 is 2.65 bits per heavy atom. The molecule has 0 aliphatic heterocycles. The van der Waals surface area contributed by atoms with Gasteiger partial charge in [0.25, 0.3) is 0 Å². The van der Waals surface area contributed by atoms with Gasteiger partial charge in [-0.25, -0.2) is 4.79 Å². The summed E-state index contributed by atoms with van der Waals surface area (Å²) in [6, 6.07) is 13.4. The minimum absolute atomic E-state index is 0.266. The summed E-state index contributed by atoms with van der Waals surface area (Å²) in [5.74, 6) is -0.301. The van der Waals surface area contributed by atoms with Gasteiger partial charge in [-0.05, 0) is 29.3 Å². The van der Waals surface area contributed by atoms with Gasteiger partial charge in [0, 0.05) is 0 Å². The van der Waals surface area contributed by atoms with E-state index in [4.69, 9.17) is 4.74 Å². The van der Waals surface area contributed by atoms with Crippen LogP contribution in [-0.4, -0.2) is 12.6 Å². The molecule has 86 valence electrons. The van der Waals surface area contributed by atoms with Crippen LogP contribution in [0.15, 0.2) is 54.6 Å². The van der Waals surface area contributed by atoms with Gasteiger partial charge in [-0.15, -0.1) is 0 Å². The summed E-state index contributed by atoms with van der Waals surface area (Å²) in [5, 5.41) is 1.96. The number of ether oxygens (including phenoxy) is 1. The van der Waals surface area contributed by atoms with Crippen LogP contribution in [-0.2, 0) is 4.74 Å². The number of hydrogen-bond donors (Lipinski definition) is 0. The Morgan fingerprint density at radius 1 is 1.18 bits per heavy atom. The van der Waals surface area contributed by atoms with Crippen LogP contribution in [0.25, 0.3) is 10.8 Å². The van der Waals surface area contributed by atoms with Crippen LogP contribution in [0.3, 0.4) is 0 Å². The van der Waals surface area contributed by atoms with Crippen LogP contribution >= 0.6 is 0 Å². The van der Waals surface area contributed by atoms with Crippen molar-refractivity contribution in [3.63, 3.8) is 0 Å². The number of carbonyl (C=O) groups is 1. The zero-order valence-electron chi connectivity index (χ0n) is 9.77. The molecule has 0 aromatic heterocycles. The average Bonchev–Trinajstić information content (AvgIpc) is 2.35. The van der Waals surface area contributed by atoms with Gasteiger partial charge < -0.3 is 4.74 Å². The van der Waals surface area contributed by atoms with E-state index in [1.54, 1.807) is 6.07 Å². The lowest BCUT2D eigenvalue weighted by molar-refractivity contribution is 0.0543. The van der Waals surface area contributed by atoms with Crippen molar-refractivity contribution < 1.29 is 9.53 Å². The molecular formula is C15H14O2. The first-order valence-electron chi connectivity index (χ1n) is 5.48. The van der Waals surface area contributed by atoms with Gasteiger partial charge in [0.2, 0.25) is 0 Å². The molecule has 0 N–H and O–H groups in total. The van der Waals surface area contributed by atoms with Gasteiger partial charge in [0.1, 0.15) is 6.61 Å². The fourth-order valence-corrected chi connectivity index (χ4v) is 1.67. The van der Waals surface area contributed by atoms with Gasteiger partial charge in [-0.1, -0.05) is 43.0 Å². The molecule has 17 heavy (non-hydrogen) atoms. The SMILES string of the molecule is C=C(C)COC(=O)c1cccc2ccccc12. The Balaban J connectivity index is 2.35. The summed E-state index contributed by atoms with van der Waals surface area (Å²) in [6.07, 6.45) is 0. The first-order valence-corrected chi connectivity index (χ1v) is 5.48. The van der Waals surface area contributed by atoms with Crippen molar-refractivity contribution in [2.45, 2.75) is 6.92 Å². The normalized spacial score (nSPS) is 10.2. The standard InChI is InChI=1S/C15H14O2/c1-11(2)10-17-15(16)14-9-5-7-12-6-3-4-8-13(12)14/h3-9H,1,10H2,2H3. The average molecular weight is 226 g/mol. The van der Waals surface area contributed by atoms with Gasteiger partial charge in [0.15, 0.2) is 0 Å². The maximum atomic E-state index is 11.9. The van der Waals surface area contributed by atoms with E-state index < -0.39 is 0 Å². The van der Waals surface area contributed by atoms with Gasteiger partial charge in [0.05, 0.1) is 5.56 Å². The van der Waals surface area contributed by atoms with Crippen molar-refractivity contribution >= 4 is 16.7 Å². The minimum atomic E-state index is -0.301. The fraction of sp³-hybridized carbons (Fsp3) is 0.133. The lowest BCUT2D eigenvalue weighted by atomic mass is 10.1. The molecule has 0 fully saturated rings. The monoisotopic (exact) mass is 226 g/mol. The second-order valence-corrected chi connectivity index (χ2v) is 4.06. The van der Waals surface area contributed by atoms with Crippen LogP contribution in [0.4, 0.5) is 0 Å². The Bertz CT molecular complexity index is 565. The van der Waals surface area contributed by atoms with Crippen molar-refractivity contribution in [3.05, 3.63) is 60.2 Å². The quantitative estimate of drug-likeness (QED) is 0.590. The molecule has 2 heteroatoms. The first kappa shape index (κ1) is 11.4. The highest BCUT2D eigenvalue weighted by Gasteiger charge is 2.10. The van der Waals surface area contributed by atoms with Crippen LogP contribution in [0, 0.1) is 0 Å². The lowest BCUT2D eigenvalue weighted by Crippen LogP contribution is -2.07. The summed E-state index contributed by atoms with van der Waals surface area (Å²) >= 11 is 0. The van der Waals surface area contributed by atoms with E-state index in [9.17, 15) is 4.79 Å². The first-order chi connectivity index (χ1) is 8.18. The molecule has 0 atom stereocenters. The molecule has 2 aromatic carbocycles. The molecule has 0 saturated carbocycles. The van der Waals surface area contributed by atoms with E-state index in [0.717, 1.165) is 16.3 Å². The topological polar surface area (TPSA) is 26.3 Å². The highest BCUT2D eigenvalue weighted by atomic mass is 16.5. The van der Waals surface area contributed by atoms with Gasteiger partial charge in [-0.3, -0.25) is 0 Å². The maximum absolute atomic E-state index is 11.9. The molecular weight excluding hydrogens is 212 g/mol. The van der Waals surface area contributed by atoms with Gasteiger partial charge in [-0.2, -0.15) is 0 Å². The van der Waals surface area contributed by atoms with E-state index in [0.29, 0.717) is 5.56 Å². The smallest absolute Gasteiger partial charge is 0.339 e. The third-order valence-corrected chi connectivity index (χ3v) is 2.46. The molecule has 2 rings (SSSR count). The highest BCUT2D eigenvalue weighted by Crippen LogP contribution is 2.19. The molecule has 0 aliphatic carbocycles. The number of hydrogen-bond acceptors (Lipinski definition) is 2. The van der Waals surface area contributed by atoms with Crippen molar-refractivity contribution in [2.24, 2.45) is 0 Å². The zero-order valence-corrected chi connectivity index (χ0v) is 9.77. The predicted molar refractivity (Wildman–Crippen MR) is 69.0 cm³/mol. The fourth-order valence-electron chi connectivity index (χ4n) is 1.67. The molecule has 0 spiro atoms. The second-order valence-electron chi connectivity index (χ2n) is 4.06. The number of carbonyl (C=O) groups excluding carboxylic acids is 1. The Morgan fingerprint density at radius 2 is 1.88 bits per heavy atom. The van der Waals surface area contributed by atoms with Crippen LogP contribution in [0.1, 0.15) is 17.3 Å². The zero-order chi connectivity index (χ0) is 12.3. The summed E-state index contributed by atoms with van der Waals surface area (Å²) < 4.78 is 5.16. The van der Waals surface area contributed by atoms with E-state index in [1.165, 1.54) is 0 Å². The molecule has 2 aromatic rings. The Hall–Kier alpha value is -2.09. The van der Waals surface area contributed by atoms with Crippen molar-refractivity contribution in [2.75, 3.05) is 6.61 Å². The molecule has 0 bridgehead atoms. The Kier molecular flexibility index (Phi) is 3.24. The van der Waals surface area contributed by atoms with Crippen LogP contribution in [0.5, 0.6) is 0 Å². The van der Waals surface area contributed by atoms with E-state index in [-0.39, 0.29) is 12.6 Å². The predicted octanol–water partition coefficient (Wildman–Crippen LogP) is 3.57. The lowest BCUT2D eigenvalue weighted by Gasteiger charge is -2.07. The second kappa shape index (κ2) is 4.83. The molecule has 0 aliphatic rings. The molecule has 0 saturated heterocycles. The molecule has 2 nitrogen and oxygen atoms in total. The summed E-state index contributed by atoms with van der Waals surface area (Å²) in [6.45, 7) is 5.80. The highest BCUT2D eigenvalue weighted by molar-refractivity contribution is 6.04. The Labute approximate surface area is 101 Å². The van der Waals surface area contributed by atoms with Crippen molar-refractivity contribution in [1.29, 1.82) is 0 Å². The molecule has 0 amide bonds. The molecule has 0 heterocycles. The molecule has 0 unspecified atom stereocenters. The number of fused-ring (bicyclic) bond motifs is 1. The number of benzene rings is 2.